The van der Waals surface area contributed by atoms with E-state index in [2.05, 4.69) is 6.92 Å². The molecular formula is C30H34F8O. The molecule has 0 atom stereocenters. The molecule has 39 heavy (non-hydrogen) atoms. The Morgan fingerprint density at radius 3 is 1.82 bits per heavy atom. The Hall–Kier alpha value is -2.32. The van der Waals surface area contributed by atoms with Gasteiger partial charge in [0.2, 0.25) is 0 Å². The Labute approximate surface area is 223 Å². The van der Waals surface area contributed by atoms with Crippen LogP contribution < -0.4 is 4.74 Å². The molecule has 2 aromatic rings. The van der Waals surface area contributed by atoms with E-state index >= 15 is 4.39 Å². The lowest BCUT2D eigenvalue weighted by atomic mass is 9.68. The molecule has 4 rings (SSSR count). The molecule has 0 radical (unpaired) electrons. The van der Waals surface area contributed by atoms with Gasteiger partial charge >= 0.3 is 6.18 Å². The summed E-state index contributed by atoms with van der Waals surface area (Å²) in [6, 6.07) is 0.771. The van der Waals surface area contributed by atoms with Crippen LogP contribution in [0.3, 0.4) is 0 Å². The predicted octanol–water partition coefficient (Wildman–Crippen LogP) is 10.9. The molecule has 2 fully saturated rings. The van der Waals surface area contributed by atoms with Gasteiger partial charge in [-0.2, -0.15) is 13.2 Å². The van der Waals surface area contributed by atoms with Gasteiger partial charge in [0, 0.05) is 23.8 Å². The van der Waals surface area contributed by atoms with Crippen molar-refractivity contribution in [3.05, 3.63) is 58.4 Å². The molecule has 2 aliphatic rings. The lowest BCUT2D eigenvalue weighted by molar-refractivity contribution is -0.142. The second-order valence-corrected chi connectivity index (χ2v) is 11.1. The van der Waals surface area contributed by atoms with Gasteiger partial charge < -0.3 is 4.74 Å². The van der Waals surface area contributed by atoms with Crippen molar-refractivity contribution in [1.82, 2.24) is 0 Å². The molecule has 0 saturated heterocycles. The van der Waals surface area contributed by atoms with E-state index in [1.807, 2.05) is 0 Å². The summed E-state index contributed by atoms with van der Waals surface area (Å²) in [6.07, 6.45) is 6.81. The van der Waals surface area contributed by atoms with Crippen LogP contribution in [0.1, 0.15) is 101 Å². The Morgan fingerprint density at radius 2 is 1.28 bits per heavy atom. The SMILES string of the molecule is CCCCCC1CCC(C2CCC(c3c(F)c(F)cc(F)c3Oc3cc(F)c(C(F)(F)F)c(F)c3)CC2)CC1. The van der Waals surface area contributed by atoms with E-state index in [9.17, 15) is 30.7 Å². The van der Waals surface area contributed by atoms with Gasteiger partial charge in [-0.3, -0.25) is 0 Å². The zero-order valence-electron chi connectivity index (χ0n) is 22.0. The number of benzene rings is 2. The molecule has 0 unspecified atom stereocenters. The fourth-order valence-corrected chi connectivity index (χ4v) is 6.57. The van der Waals surface area contributed by atoms with Crippen LogP contribution in [-0.4, -0.2) is 0 Å². The van der Waals surface area contributed by atoms with Crippen LogP contribution >= 0.6 is 0 Å². The zero-order valence-corrected chi connectivity index (χ0v) is 22.0. The molecule has 1 nitrogen and oxygen atoms in total. The van der Waals surface area contributed by atoms with Crippen molar-refractivity contribution in [3.8, 4) is 11.5 Å². The quantitative estimate of drug-likeness (QED) is 0.177. The first-order chi connectivity index (χ1) is 18.5. The first-order valence-electron chi connectivity index (χ1n) is 13.9. The van der Waals surface area contributed by atoms with Gasteiger partial charge in [-0.25, -0.2) is 22.0 Å². The number of alkyl halides is 3. The topological polar surface area (TPSA) is 9.23 Å². The zero-order chi connectivity index (χ0) is 28.3. The van der Waals surface area contributed by atoms with E-state index in [1.54, 1.807) is 0 Å². The van der Waals surface area contributed by atoms with Crippen LogP contribution in [-0.2, 0) is 6.18 Å². The summed E-state index contributed by atoms with van der Waals surface area (Å²) in [5.41, 5.74) is -2.50. The summed E-state index contributed by atoms with van der Waals surface area (Å²) in [5.74, 6) is -8.34. The number of rotatable bonds is 8. The van der Waals surface area contributed by atoms with E-state index in [0.717, 1.165) is 31.6 Å². The minimum atomic E-state index is -5.29. The maximum Gasteiger partial charge on any atom is 0.422 e. The van der Waals surface area contributed by atoms with Crippen LogP contribution in [0.2, 0.25) is 0 Å². The van der Waals surface area contributed by atoms with Gasteiger partial charge in [0.1, 0.15) is 22.9 Å². The molecule has 2 aromatic carbocycles. The van der Waals surface area contributed by atoms with E-state index in [1.165, 1.54) is 38.5 Å². The van der Waals surface area contributed by atoms with Crippen molar-refractivity contribution in [1.29, 1.82) is 0 Å². The monoisotopic (exact) mass is 562 g/mol. The Balaban J connectivity index is 1.47. The lowest BCUT2D eigenvalue weighted by Gasteiger charge is -2.38. The van der Waals surface area contributed by atoms with Crippen LogP contribution in [0.25, 0.3) is 0 Å². The summed E-state index contributed by atoms with van der Waals surface area (Å²) in [6.45, 7) is 2.20. The number of unbranched alkanes of at least 4 members (excludes halogenated alkanes) is 2. The highest BCUT2D eigenvalue weighted by Crippen LogP contribution is 2.48. The van der Waals surface area contributed by atoms with Crippen molar-refractivity contribution in [2.24, 2.45) is 17.8 Å². The normalized spacial score (nSPS) is 24.1. The van der Waals surface area contributed by atoms with Crippen molar-refractivity contribution < 1.29 is 39.9 Å². The smallest absolute Gasteiger partial charge is 0.422 e. The van der Waals surface area contributed by atoms with Gasteiger partial charge in [-0.05, 0) is 62.2 Å². The van der Waals surface area contributed by atoms with E-state index in [4.69, 9.17) is 4.74 Å². The average molecular weight is 563 g/mol. The van der Waals surface area contributed by atoms with E-state index < -0.39 is 58.2 Å². The van der Waals surface area contributed by atoms with Gasteiger partial charge in [-0.15, -0.1) is 0 Å². The summed E-state index contributed by atoms with van der Waals surface area (Å²) < 4.78 is 116. The summed E-state index contributed by atoms with van der Waals surface area (Å²) in [5, 5.41) is 0. The second kappa shape index (κ2) is 12.5. The Kier molecular flexibility index (Phi) is 9.48. The van der Waals surface area contributed by atoms with Gasteiger partial charge in [0.25, 0.3) is 0 Å². The summed E-state index contributed by atoms with van der Waals surface area (Å²) >= 11 is 0. The van der Waals surface area contributed by atoms with Gasteiger partial charge in [-0.1, -0.05) is 45.4 Å². The predicted molar refractivity (Wildman–Crippen MR) is 132 cm³/mol. The fraction of sp³-hybridized carbons (Fsp3) is 0.600. The van der Waals surface area contributed by atoms with Crippen molar-refractivity contribution in [2.75, 3.05) is 0 Å². The largest absolute Gasteiger partial charge is 0.454 e. The molecular weight excluding hydrogens is 528 g/mol. The molecule has 2 saturated carbocycles. The lowest BCUT2D eigenvalue weighted by Crippen LogP contribution is -2.26. The highest BCUT2D eigenvalue weighted by atomic mass is 19.4. The molecule has 0 amide bonds. The molecule has 9 heteroatoms. The third kappa shape index (κ3) is 6.88. The van der Waals surface area contributed by atoms with Crippen molar-refractivity contribution >= 4 is 0 Å². The highest BCUT2D eigenvalue weighted by Gasteiger charge is 2.39. The molecule has 0 aromatic heterocycles. The first-order valence-corrected chi connectivity index (χ1v) is 13.9. The Morgan fingerprint density at radius 1 is 0.718 bits per heavy atom. The average Bonchev–Trinajstić information content (AvgIpc) is 2.87. The highest BCUT2D eigenvalue weighted by molar-refractivity contribution is 5.44. The third-order valence-electron chi connectivity index (χ3n) is 8.63. The third-order valence-corrected chi connectivity index (χ3v) is 8.63. The fourth-order valence-electron chi connectivity index (χ4n) is 6.57. The number of halogens is 8. The van der Waals surface area contributed by atoms with E-state index in [0.29, 0.717) is 24.7 Å². The molecule has 2 aliphatic carbocycles. The minimum Gasteiger partial charge on any atom is -0.454 e. The number of hydrogen-bond donors (Lipinski definition) is 0. The molecule has 0 bridgehead atoms. The van der Waals surface area contributed by atoms with Crippen LogP contribution in [0.15, 0.2) is 18.2 Å². The molecule has 216 valence electrons. The minimum absolute atomic E-state index is 0.256. The maximum absolute atomic E-state index is 15.0. The van der Waals surface area contributed by atoms with Gasteiger partial charge in [0.05, 0.1) is 0 Å². The van der Waals surface area contributed by atoms with E-state index in [-0.39, 0.29) is 23.8 Å². The maximum atomic E-state index is 15.0. The number of hydrogen-bond acceptors (Lipinski definition) is 1. The first kappa shape index (κ1) is 29.7. The molecule has 0 spiro atoms. The van der Waals surface area contributed by atoms with Crippen LogP contribution in [0.5, 0.6) is 11.5 Å². The molecule has 0 N–H and O–H groups in total. The standard InChI is InChI=1S/C30H34F8O/c1-2-3-4-5-17-6-8-18(9-7-17)19-10-12-20(13-11-19)26-28(35)24(33)16-25(34)29(26)39-21-14-22(31)27(23(32)15-21)30(36,37)38/h14-20H,2-13H2,1H3. The number of ether oxygens (including phenoxy) is 1. The van der Waals surface area contributed by atoms with Crippen LogP contribution in [0.4, 0.5) is 35.1 Å². The van der Waals surface area contributed by atoms with Crippen molar-refractivity contribution in [2.45, 2.75) is 96.1 Å². The summed E-state index contributed by atoms with van der Waals surface area (Å²) in [4.78, 5) is 0. The molecule has 0 aliphatic heterocycles. The van der Waals surface area contributed by atoms with Crippen molar-refractivity contribution in [3.63, 3.8) is 0 Å². The van der Waals surface area contributed by atoms with Gasteiger partial charge in [0.15, 0.2) is 23.2 Å². The van der Waals surface area contributed by atoms with Crippen LogP contribution in [0, 0.1) is 46.8 Å². The second-order valence-electron chi connectivity index (χ2n) is 11.1. The Bertz CT molecular complexity index is 1110. The summed E-state index contributed by atoms with van der Waals surface area (Å²) in [7, 11) is 0. The molecule has 0 heterocycles.